The molecule has 0 aromatic heterocycles. The summed E-state index contributed by atoms with van der Waals surface area (Å²) in [6, 6.07) is 21.5. The second kappa shape index (κ2) is 16.5. The summed E-state index contributed by atoms with van der Waals surface area (Å²) in [6.45, 7) is 4.51. The van der Waals surface area contributed by atoms with Crippen molar-refractivity contribution in [3.63, 3.8) is 0 Å². The molecule has 8 heteroatoms. The van der Waals surface area contributed by atoms with Crippen molar-refractivity contribution in [1.29, 1.82) is 0 Å². The summed E-state index contributed by atoms with van der Waals surface area (Å²) in [5.74, 6) is 1.01. The third-order valence-corrected chi connectivity index (χ3v) is 7.63. The van der Waals surface area contributed by atoms with E-state index in [1.807, 2.05) is 48.5 Å². The molecule has 0 heterocycles. The maximum atomic E-state index is 13.3. The largest absolute Gasteiger partial charge is 0.493 e. The van der Waals surface area contributed by atoms with Crippen LogP contribution in [0.2, 0.25) is 0 Å². The number of esters is 2. The number of ether oxygens (including phenoxy) is 5. The lowest BCUT2D eigenvalue weighted by Crippen LogP contribution is -2.28. The lowest BCUT2D eigenvalue weighted by Gasteiger charge is -2.21. The van der Waals surface area contributed by atoms with Gasteiger partial charge in [-0.15, -0.1) is 0 Å². The molecule has 8 nitrogen and oxygen atoms in total. The summed E-state index contributed by atoms with van der Waals surface area (Å²) in [5, 5.41) is 3.87. The molecule has 0 bridgehead atoms. The van der Waals surface area contributed by atoms with Gasteiger partial charge in [0.15, 0.2) is 11.5 Å². The van der Waals surface area contributed by atoms with Crippen molar-refractivity contribution in [2.75, 3.05) is 54.7 Å². The molecule has 1 atom stereocenters. The molecule has 0 saturated carbocycles. The number of rotatable bonds is 16. The van der Waals surface area contributed by atoms with Gasteiger partial charge in [0, 0.05) is 18.5 Å². The average Bonchev–Trinajstić information content (AvgIpc) is 3.05. The minimum atomic E-state index is -0.402. The Morgan fingerprint density at radius 3 is 2.02 bits per heavy atom. The minimum Gasteiger partial charge on any atom is -0.493 e. The summed E-state index contributed by atoms with van der Waals surface area (Å²) in [7, 11) is 6.71. The van der Waals surface area contributed by atoms with Gasteiger partial charge in [-0.2, -0.15) is 0 Å². The highest BCUT2D eigenvalue weighted by molar-refractivity contribution is 6.16. The summed E-state index contributed by atoms with van der Waals surface area (Å²) in [5.41, 5.74) is 1.36. The first-order chi connectivity index (χ1) is 21.8. The molecule has 4 rings (SSSR count). The Balaban J connectivity index is 1.15. The molecule has 4 aromatic rings. The highest BCUT2D eigenvalue weighted by Crippen LogP contribution is 2.38. The topological polar surface area (TPSA) is 83.5 Å². The highest BCUT2D eigenvalue weighted by atomic mass is 16.5. The Hall–Kier alpha value is -4.56. The van der Waals surface area contributed by atoms with Crippen molar-refractivity contribution in [2.24, 2.45) is 5.92 Å². The normalized spacial score (nSPS) is 12.0. The van der Waals surface area contributed by atoms with Crippen LogP contribution < -0.4 is 14.2 Å². The number of nitrogens with zero attached hydrogens (tertiary/aromatic N) is 1. The van der Waals surface area contributed by atoms with Crippen LogP contribution in [0.1, 0.15) is 42.1 Å². The Kier molecular flexibility index (Phi) is 12.2. The minimum absolute atomic E-state index is 0.179. The van der Waals surface area contributed by atoms with Crippen LogP contribution in [-0.2, 0) is 14.3 Å². The molecule has 0 radical (unpaired) electrons. The zero-order valence-corrected chi connectivity index (χ0v) is 26.8. The van der Waals surface area contributed by atoms with Crippen LogP contribution in [0.25, 0.3) is 27.6 Å². The number of fused-ring (bicyclic) bond motifs is 2. The predicted molar refractivity (Wildman–Crippen MR) is 178 cm³/mol. The monoisotopic (exact) mass is 613 g/mol. The molecule has 0 spiro atoms. The first-order valence-electron chi connectivity index (χ1n) is 15.3. The van der Waals surface area contributed by atoms with E-state index in [4.69, 9.17) is 23.7 Å². The summed E-state index contributed by atoms with van der Waals surface area (Å²) < 4.78 is 27.2. The molecular weight excluding hydrogens is 570 g/mol. The van der Waals surface area contributed by atoms with Gasteiger partial charge in [0.25, 0.3) is 0 Å². The maximum Gasteiger partial charge on any atom is 0.339 e. The van der Waals surface area contributed by atoms with E-state index in [1.54, 1.807) is 39.5 Å². The lowest BCUT2D eigenvalue weighted by atomic mass is 9.97. The van der Waals surface area contributed by atoms with E-state index in [0.29, 0.717) is 36.0 Å². The van der Waals surface area contributed by atoms with Gasteiger partial charge in [0.2, 0.25) is 5.75 Å². The quantitative estimate of drug-likeness (QED) is 0.0569. The third kappa shape index (κ3) is 8.99. The van der Waals surface area contributed by atoms with E-state index in [-0.39, 0.29) is 11.9 Å². The van der Waals surface area contributed by atoms with Gasteiger partial charge in [0.1, 0.15) is 0 Å². The zero-order chi connectivity index (χ0) is 32.2. The number of hydrogen-bond donors (Lipinski definition) is 0. The van der Waals surface area contributed by atoms with Gasteiger partial charge < -0.3 is 28.6 Å². The molecule has 238 valence electrons. The fourth-order valence-electron chi connectivity index (χ4n) is 5.44. The molecule has 0 amide bonds. The van der Waals surface area contributed by atoms with Crippen molar-refractivity contribution in [3.05, 3.63) is 83.9 Å². The standard InChI is InChI=1S/C37H43NO7/c1-26(25-45-37(40)35-30-15-9-7-13-28(30)23-29-14-8-10-16-31(29)35)24-38(2)19-11-6-12-20-44-34(39)18-17-27-21-32(41-3)36(43-5)33(22-27)42-4/h7-10,13-18,21-23,26H,6,11-12,19-20,24-25H2,1-5H3/b18-17+/t26-/m0/s1. The van der Waals surface area contributed by atoms with Crippen molar-refractivity contribution in [2.45, 2.75) is 26.2 Å². The second-order valence-electron chi connectivity index (χ2n) is 11.2. The van der Waals surface area contributed by atoms with Crippen LogP contribution in [0.4, 0.5) is 0 Å². The summed E-state index contributed by atoms with van der Waals surface area (Å²) in [6.07, 6.45) is 5.75. The molecule has 0 unspecified atom stereocenters. The number of carbonyl (C=O) groups excluding carboxylic acids is 2. The second-order valence-corrected chi connectivity index (χ2v) is 11.2. The smallest absolute Gasteiger partial charge is 0.339 e. The van der Waals surface area contributed by atoms with Crippen LogP contribution in [0, 0.1) is 5.92 Å². The molecule has 4 aromatic carbocycles. The number of benzene rings is 4. The Morgan fingerprint density at radius 2 is 1.42 bits per heavy atom. The van der Waals surface area contributed by atoms with Gasteiger partial charge in [-0.25, -0.2) is 9.59 Å². The SMILES string of the molecule is COc1cc(/C=C/C(=O)OCCCCCN(C)C[C@H](C)COC(=O)c2c3ccccc3cc3ccccc23)cc(OC)c1OC. The Labute approximate surface area is 265 Å². The van der Waals surface area contributed by atoms with Gasteiger partial charge >= 0.3 is 11.9 Å². The highest BCUT2D eigenvalue weighted by Gasteiger charge is 2.18. The van der Waals surface area contributed by atoms with E-state index in [9.17, 15) is 9.59 Å². The van der Waals surface area contributed by atoms with Crippen LogP contribution >= 0.6 is 0 Å². The summed E-state index contributed by atoms with van der Waals surface area (Å²) >= 11 is 0. The van der Waals surface area contributed by atoms with Gasteiger partial charge in [-0.3, -0.25) is 0 Å². The molecule has 45 heavy (non-hydrogen) atoms. The molecule has 0 N–H and O–H groups in total. The number of methoxy groups -OCH3 is 3. The van der Waals surface area contributed by atoms with E-state index in [1.165, 1.54) is 6.08 Å². The van der Waals surface area contributed by atoms with Gasteiger partial charge in [0.05, 0.1) is 40.1 Å². The fourth-order valence-corrected chi connectivity index (χ4v) is 5.44. The number of carbonyl (C=O) groups is 2. The van der Waals surface area contributed by atoms with E-state index >= 15 is 0 Å². The van der Waals surface area contributed by atoms with Crippen molar-refractivity contribution < 1.29 is 33.3 Å². The molecular formula is C37H43NO7. The van der Waals surface area contributed by atoms with Crippen molar-refractivity contribution in [1.82, 2.24) is 4.90 Å². The summed E-state index contributed by atoms with van der Waals surface area (Å²) in [4.78, 5) is 27.7. The number of hydrogen-bond acceptors (Lipinski definition) is 8. The van der Waals surface area contributed by atoms with Crippen LogP contribution in [0.3, 0.4) is 0 Å². The van der Waals surface area contributed by atoms with Gasteiger partial charge in [-0.1, -0.05) is 55.5 Å². The van der Waals surface area contributed by atoms with Crippen molar-refractivity contribution in [3.8, 4) is 17.2 Å². The first kappa shape index (κ1) is 33.3. The molecule has 0 aliphatic heterocycles. The van der Waals surface area contributed by atoms with E-state index in [2.05, 4.69) is 24.9 Å². The van der Waals surface area contributed by atoms with Crippen molar-refractivity contribution >= 4 is 39.6 Å². The Bertz CT molecular complexity index is 1550. The van der Waals surface area contributed by atoms with Crippen LogP contribution in [0.5, 0.6) is 17.2 Å². The first-order valence-corrected chi connectivity index (χ1v) is 15.3. The van der Waals surface area contributed by atoms with E-state index < -0.39 is 5.97 Å². The molecule has 0 aliphatic rings. The predicted octanol–water partition coefficient (Wildman–Crippen LogP) is 7.17. The van der Waals surface area contributed by atoms with E-state index in [0.717, 1.165) is 59.5 Å². The molecule has 0 aliphatic carbocycles. The maximum absolute atomic E-state index is 13.3. The van der Waals surface area contributed by atoms with Crippen LogP contribution in [0.15, 0.2) is 72.8 Å². The number of unbranched alkanes of at least 4 members (excludes halogenated alkanes) is 2. The lowest BCUT2D eigenvalue weighted by molar-refractivity contribution is -0.137. The third-order valence-electron chi connectivity index (χ3n) is 7.63. The molecule has 0 fully saturated rings. The molecule has 0 saturated heterocycles. The van der Waals surface area contributed by atoms with Crippen LogP contribution in [-0.4, -0.2) is 71.5 Å². The average molecular weight is 614 g/mol. The fraction of sp³-hybridized carbons (Fsp3) is 0.351. The Morgan fingerprint density at radius 1 is 0.800 bits per heavy atom. The van der Waals surface area contributed by atoms with Gasteiger partial charge in [-0.05, 0) is 84.2 Å². The zero-order valence-electron chi connectivity index (χ0n) is 26.8.